The van der Waals surface area contributed by atoms with Gasteiger partial charge in [0.25, 0.3) is 0 Å². The molecular weight excluding hydrogens is 196 g/mol. The van der Waals surface area contributed by atoms with Gasteiger partial charge in [-0.15, -0.1) is 0 Å². The molecule has 0 aliphatic rings. The molecule has 0 aliphatic carbocycles. The van der Waals surface area contributed by atoms with Crippen LogP contribution in [0.4, 0.5) is 0 Å². The summed E-state index contributed by atoms with van der Waals surface area (Å²) >= 11 is 0. The first-order valence-electron chi connectivity index (χ1n) is 6.26. The minimum atomic E-state index is 0.353. The van der Waals surface area contributed by atoms with E-state index in [1.54, 1.807) is 12.1 Å². The Kier molecular flexibility index (Phi) is 4.40. The third-order valence-corrected chi connectivity index (χ3v) is 4.12. The number of hydrogen-bond donors (Lipinski definition) is 1. The van der Waals surface area contributed by atoms with Gasteiger partial charge in [0, 0.05) is 0 Å². The smallest absolute Gasteiger partial charge is 0.115 e. The van der Waals surface area contributed by atoms with E-state index in [4.69, 9.17) is 0 Å². The van der Waals surface area contributed by atoms with Crippen molar-refractivity contribution in [2.45, 2.75) is 47.0 Å². The van der Waals surface area contributed by atoms with Crippen molar-refractivity contribution in [1.29, 1.82) is 0 Å². The molecule has 1 unspecified atom stereocenters. The van der Waals surface area contributed by atoms with Crippen molar-refractivity contribution in [3.05, 3.63) is 29.8 Å². The number of rotatable bonds is 5. The van der Waals surface area contributed by atoms with Gasteiger partial charge in [0.2, 0.25) is 0 Å². The van der Waals surface area contributed by atoms with E-state index in [-0.39, 0.29) is 0 Å². The molecule has 1 aromatic carbocycles. The first kappa shape index (κ1) is 13.1. The Morgan fingerprint density at radius 2 is 1.75 bits per heavy atom. The highest BCUT2D eigenvalue weighted by molar-refractivity contribution is 5.25. The minimum Gasteiger partial charge on any atom is -0.508 e. The lowest BCUT2D eigenvalue weighted by Crippen LogP contribution is -2.23. The van der Waals surface area contributed by atoms with E-state index < -0.39 is 0 Å². The molecule has 0 radical (unpaired) electrons. The Balaban J connectivity index is 2.59. The lowest BCUT2D eigenvalue weighted by molar-refractivity contribution is 0.190. The van der Waals surface area contributed by atoms with E-state index in [0.29, 0.717) is 11.2 Å². The van der Waals surface area contributed by atoms with E-state index in [2.05, 4.69) is 27.7 Å². The van der Waals surface area contributed by atoms with Crippen LogP contribution >= 0.6 is 0 Å². The summed E-state index contributed by atoms with van der Waals surface area (Å²) in [4.78, 5) is 0. The summed E-state index contributed by atoms with van der Waals surface area (Å²) in [6, 6.07) is 7.58. The maximum Gasteiger partial charge on any atom is 0.115 e. The number of aromatic hydroxyl groups is 1. The summed E-state index contributed by atoms with van der Waals surface area (Å²) < 4.78 is 0. The molecule has 0 heterocycles. The van der Waals surface area contributed by atoms with Gasteiger partial charge in [-0.25, -0.2) is 0 Å². The average molecular weight is 220 g/mol. The van der Waals surface area contributed by atoms with Crippen molar-refractivity contribution in [2.24, 2.45) is 11.3 Å². The molecule has 0 bridgehead atoms. The highest BCUT2D eigenvalue weighted by atomic mass is 16.3. The number of hydrogen-bond acceptors (Lipinski definition) is 1. The van der Waals surface area contributed by atoms with E-state index in [0.717, 1.165) is 12.3 Å². The average Bonchev–Trinajstić information content (AvgIpc) is 2.27. The van der Waals surface area contributed by atoms with Crippen molar-refractivity contribution >= 4 is 0 Å². The fourth-order valence-electron chi connectivity index (χ4n) is 1.97. The summed E-state index contributed by atoms with van der Waals surface area (Å²) in [5, 5.41) is 9.22. The highest BCUT2D eigenvalue weighted by Crippen LogP contribution is 2.35. The molecule has 1 atom stereocenters. The zero-order valence-electron chi connectivity index (χ0n) is 11.0. The molecule has 1 heteroatoms. The van der Waals surface area contributed by atoms with Crippen LogP contribution in [-0.2, 0) is 6.42 Å². The quantitative estimate of drug-likeness (QED) is 0.780. The van der Waals surface area contributed by atoms with E-state index >= 15 is 0 Å². The van der Waals surface area contributed by atoms with Crippen molar-refractivity contribution in [2.75, 3.05) is 0 Å². The van der Waals surface area contributed by atoms with E-state index in [1.807, 2.05) is 12.1 Å². The number of benzene rings is 1. The molecule has 0 saturated heterocycles. The second-order valence-corrected chi connectivity index (χ2v) is 5.33. The van der Waals surface area contributed by atoms with E-state index in [1.165, 1.54) is 18.4 Å². The molecule has 1 nitrogen and oxygen atoms in total. The monoisotopic (exact) mass is 220 g/mol. The summed E-state index contributed by atoms with van der Waals surface area (Å²) in [5.74, 6) is 1.07. The van der Waals surface area contributed by atoms with Crippen LogP contribution in [0, 0.1) is 11.3 Å². The molecule has 0 spiro atoms. The van der Waals surface area contributed by atoms with Crippen LogP contribution in [0.5, 0.6) is 5.75 Å². The van der Waals surface area contributed by atoms with Crippen LogP contribution in [0.1, 0.15) is 46.1 Å². The molecule has 90 valence electrons. The van der Waals surface area contributed by atoms with Gasteiger partial charge in [-0.2, -0.15) is 0 Å². The van der Waals surface area contributed by atoms with Crippen molar-refractivity contribution in [1.82, 2.24) is 0 Å². The lowest BCUT2D eigenvalue weighted by Gasteiger charge is -2.32. The summed E-state index contributed by atoms with van der Waals surface area (Å²) in [5.41, 5.74) is 1.75. The van der Waals surface area contributed by atoms with Crippen LogP contribution in [0.15, 0.2) is 24.3 Å². The van der Waals surface area contributed by atoms with Crippen molar-refractivity contribution in [3.63, 3.8) is 0 Å². The Morgan fingerprint density at radius 1 is 1.19 bits per heavy atom. The predicted octanol–water partition coefficient (Wildman–Crippen LogP) is 4.40. The van der Waals surface area contributed by atoms with Gasteiger partial charge in [0.15, 0.2) is 0 Å². The maximum atomic E-state index is 9.22. The predicted molar refractivity (Wildman–Crippen MR) is 69.7 cm³/mol. The highest BCUT2D eigenvalue weighted by Gasteiger charge is 2.25. The zero-order chi connectivity index (χ0) is 12.2. The number of phenols is 1. The maximum absolute atomic E-state index is 9.22. The second-order valence-electron chi connectivity index (χ2n) is 5.33. The normalized spacial score (nSPS) is 15.1. The Bertz CT molecular complexity index is 313. The molecule has 0 amide bonds. The molecule has 0 aromatic heterocycles. The standard InChI is InChI=1S/C15H24O/c1-5-15(4,12(2)3)11-10-13-6-8-14(16)9-7-13/h6-9,12,16H,5,10-11H2,1-4H3. The van der Waals surface area contributed by atoms with Crippen molar-refractivity contribution < 1.29 is 5.11 Å². The molecule has 1 rings (SSSR count). The van der Waals surface area contributed by atoms with Crippen LogP contribution in [0.2, 0.25) is 0 Å². The molecule has 0 aliphatic heterocycles. The SMILES string of the molecule is CCC(C)(CCc1ccc(O)cc1)C(C)C. The molecule has 0 fully saturated rings. The lowest BCUT2D eigenvalue weighted by atomic mass is 9.73. The minimum absolute atomic E-state index is 0.353. The summed E-state index contributed by atoms with van der Waals surface area (Å²) in [6.45, 7) is 9.26. The summed E-state index contributed by atoms with van der Waals surface area (Å²) in [6.07, 6.45) is 3.54. The zero-order valence-corrected chi connectivity index (χ0v) is 11.0. The third-order valence-electron chi connectivity index (χ3n) is 4.12. The fraction of sp³-hybridized carbons (Fsp3) is 0.600. The number of phenolic OH excluding ortho intramolecular Hbond substituents is 1. The Labute approximate surface area is 99.5 Å². The van der Waals surface area contributed by atoms with Gasteiger partial charge < -0.3 is 5.11 Å². The van der Waals surface area contributed by atoms with Gasteiger partial charge in [-0.1, -0.05) is 46.2 Å². The molecule has 1 N–H and O–H groups in total. The van der Waals surface area contributed by atoms with Crippen LogP contribution in [0.25, 0.3) is 0 Å². The van der Waals surface area contributed by atoms with E-state index in [9.17, 15) is 5.11 Å². The van der Waals surface area contributed by atoms with Crippen molar-refractivity contribution in [3.8, 4) is 5.75 Å². The van der Waals surface area contributed by atoms with Gasteiger partial charge in [0.1, 0.15) is 5.75 Å². The largest absolute Gasteiger partial charge is 0.508 e. The molecule has 0 saturated carbocycles. The number of aryl methyl sites for hydroxylation is 1. The Hall–Kier alpha value is -0.980. The van der Waals surface area contributed by atoms with Crippen LogP contribution < -0.4 is 0 Å². The van der Waals surface area contributed by atoms with Crippen LogP contribution in [-0.4, -0.2) is 5.11 Å². The molecule has 1 aromatic rings. The molecule has 16 heavy (non-hydrogen) atoms. The van der Waals surface area contributed by atoms with Gasteiger partial charge in [-0.3, -0.25) is 0 Å². The van der Waals surface area contributed by atoms with Crippen LogP contribution in [0.3, 0.4) is 0 Å². The van der Waals surface area contributed by atoms with Gasteiger partial charge in [0.05, 0.1) is 0 Å². The second kappa shape index (κ2) is 5.38. The first-order chi connectivity index (χ1) is 7.48. The summed E-state index contributed by atoms with van der Waals surface area (Å²) in [7, 11) is 0. The third kappa shape index (κ3) is 3.26. The first-order valence-corrected chi connectivity index (χ1v) is 6.26. The van der Waals surface area contributed by atoms with Gasteiger partial charge in [-0.05, 0) is 41.9 Å². The topological polar surface area (TPSA) is 20.2 Å². The fourth-order valence-corrected chi connectivity index (χ4v) is 1.97. The molecular formula is C15H24O. The van der Waals surface area contributed by atoms with Gasteiger partial charge >= 0.3 is 0 Å². The Morgan fingerprint density at radius 3 is 2.19 bits per heavy atom.